The lowest BCUT2D eigenvalue weighted by molar-refractivity contribution is 0.0699. The number of ether oxygens (including phenoxy) is 1. The molecule has 0 atom stereocenters. The Morgan fingerprint density at radius 2 is 2.04 bits per heavy atom. The summed E-state index contributed by atoms with van der Waals surface area (Å²) in [5.74, 6) is 1.27. The molecule has 3 aliphatic rings. The zero-order chi connectivity index (χ0) is 18.0. The van der Waals surface area contributed by atoms with E-state index in [1.165, 1.54) is 16.2 Å². The van der Waals surface area contributed by atoms with E-state index in [1.54, 1.807) is 6.20 Å². The molecule has 2 N–H and O–H groups in total. The Balaban J connectivity index is 1.37. The van der Waals surface area contributed by atoms with Gasteiger partial charge >= 0.3 is 6.09 Å². The van der Waals surface area contributed by atoms with E-state index >= 15 is 0 Å². The van der Waals surface area contributed by atoms with E-state index in [9.17, 15) is 4.79 Å². The van der Waals surface area contributed by atoms with Gasteiger partial charge in [0.15, 0.2) is 0 Å². The van der Waals surface area contributed by atoms with Crippen molar-refractivity contribution in [2.45, 2.75) is 38.0 Å². The minimum absolute atomic E-state index is 0.199. The molecule has 0 unspecified atom stereocenters. The Morgan fingerprint density at radius 1 is 1.27 bits per heavy atom. The summed E-state index contributed by atoms with van der Waals surface area (Å²) in [6.45, 7) is 3.41. The monoisotopic (exact) mass is 356 g/mol. The van der Waals surface area contributed by atoms with Crippen LogP contribution in [0.15, 0.2) is 36.5 Å². The van der Waals surface area contributed by atoms with E-state index in [1.807, 2.05) is 0 Å². The van der Waals surface area contributed by atoms with Gasteiger partial charge in [0, 0.05) is 38.2 Å². The largest absolute Gasteiger partial charge is 0.465 e. The predicted molar refractivity (Wildman–Crippen MR) is 101 cm³/mol. The van der Waals surface area contributed by atoms with E-state index in [4.69, 9.17) is 9.84 Å². The molecule has 2 fully saturated rings. The molecule has 0 aromatic heterocycles. The molecule has 2 heterocycles. The van der Waals surface area contributed by atoms with E-state index < -0.39 is 6.09 Å². The smallest absolute Gasteiger partial charge is 0.411 e. The normalized spacial score (nSPS) is 28.8. The van der Waals surface area contributed by atoms with Crippen molar-refractivity contribution < 1.29 is 14.6 Å². The highest BCUT2D eigenvalue weighted by atomic mass is 16.5. The number of hydrogen-bond donors (Lipinski definition) is 2. The van der Waals surface area contributed by atoms with Crippen LogP contribution in [0, 0.1) is 11.3 Å². The summed E-state index contributed by atoms with van der Waals surface area (Å²) >= 11 is 0. The van der Waals surface area contributed by atoms with Crippen molar-refractivity contribution in [2.75, 3.05) is 31.6 Å². The maximum Gasteiger partial charge on any atom is 0.411 e. The first kappa shape index (κ1) is 17.4. The number of anilines is 1. The van der Waals surface area contributed by atoms with Crippen molar-refractivity contribution in [3.63, 3.8) is 0 Å². The molecule has 140 valence electrons. The van der Waals surface area contributed by atoms with E-state index in [0.29, 0.717) is 18.4 Å². The number of amides is 1. The molecule has 2 aliphatic heterocycles. The highest BCUT2D eigenvalue weighted by Crippen LogP contribution is 2.56. The molecular weight excluding hydrogens is 328 g/mol. The number of rotatable bonds is 4. The topological polar surface area (TPSA) is 61.8 Å². The summed E-state index contributed by atoms with van der Waals surface area (Å²) in [5.41, 5.74) is 2.88. The third-order valence-electron chi connectivity index (χ3n) is 6.33. The van der Waals surface area contributed by atoms with Crippen molar-refractivity contribution >= 4 is 11.8 Å². The average molecular weight is 356 g/mol. The molecule has 0 bridgehead atoms. The maximum absolute atomic E-state index is 11.1. The fourth-order valence-electron chi connectivity index (χ4n) is 4.61. The van der Waals surface area contributed by atoms with Crippen molar-refractivity contribution in [2.24, 2.45) is 11.3 Å². The molecular formula is C21H28N2O3. The van der Waals surface area contributed by atoms with E-state index in [2.05, 4.69) is 35.7 Å². The SMILES string of the molecule is O=C(O)N1C=CC2(CC1)CC(c1ccccc1NCC1CCOCC1)C2. The summed E-state index contributed by atoms with van der Waals surface area (Å²) in [5, 5.41) is 12.8. The molecule has 1 aromatic carbocycles. The lowest BCUT2D eigenvalue weighted by atomic mass is 9.57. The van der Waals surface area contributed by atoms with Gasteiger partial charge in [0.2, 0.25) is 0 Å². The standard InChI is InChI=1S/C21H28N2O3/c24-20(25)23-9-7-21(8-10-23)13-17(14-21)18-3-1-2-4-19(18)22-15-16-5-11-26-12-6-16/h1-4,7,9,16-17,22H,5-6,8,10-15H2,(H,24,25). The highest BCUT2D eigenvalue weighted by Gasteiger charge is 2.45. The molecule has 26 heavy (non-hydrogen) atoms. The number of nitrogens with zero attached hydrogens (tertiary/aromatic N) is 1. The molecule has 1 saturated heterocycles. The summed E-state index contributed by atoms with van der Waals surface area (Å²) in [4.78, 5) is 12.5. The Bertz CT molecular complexity index is 676. The van der Waals surface area contributed by atoms with Crippen LogP contribution in [0.2, 0.25) is 0 Å². The quantitative estimate of drug-likeness (QED) is 0.845. The van der Waals surface area contributed by atoms with Crippen molar-refractivity contribution in [3.05, 3.63) is 42.1 Å². The third kappa shape index (κ3) is 3.58. The molecule has 0 radical (unpaired) electrons. The molecule has 5 heteroatoms. The minimum Gasteiger partial charge on any atom is -0.465 e. The van der Waals surface area contributed by atoms with Gasteiger partial charge in [0.1, 0.15) is 0 Å². The second-order valence-electron chi connectivity index (χ2n) is 8.03. The molecule has 4 rings (SSSR count). The second kappa shape index (κ2) is 7.31. The van der Waals surface area contributed by atoms with Crippen molar-refractivity contribution in [1.82, 2.24) is 4.90 Å². The van der Waals surface area contributed by atoms with Crippen LogP contribution in [0.1, 0.15) is 43.6 Å². The van der Waals surface area contributed by atoms with Gasteiger partial charge in [-0.15, -0.1) is 0 Å². The Kier molecular flexibility index (Phi) is 4.90. The number of nitrogens with one attached hydrogen (secondary N) is 1. The van der Waals surface area contributed by atoms with Crippen LogP contribution in [0.4, 0.5) is 10.5 Å². The van der Waals surface area contributed by atoms with Crippen LogP contribution >= 0.6 is 0 Å². The first-order chi connectivity index (χ1) is 12.7. The van der Waals surface area contributed by atoms with Crippen LogP contribution < -0.4 is 5.32 Å². The van der Waals surface area contributed by atoms with Crippen LogP contribution in [-0.2, 0) is 4.74 Å². The van der Waals surface area contributed by atoms with Gasteiger partial charge in [-0.1, -0.05) is 24.3 Å². The zero-order valence-corrected chi connectivity index (χ0v) is 15.2. The molecule has 1 spiro atoms. The van der Waals surface area contributed by atoms with Crippen molar-refractivity contribution in [3.8, 4) is 0 Å². The average Bonchev–Trinajstić information content (AvgIpc) is 2.65. The summed E-state index contributed by atoms with van der Waals surface area (Å²) in [6.07, 6.45) is 8.49. The first-order valence-electron chi connectivity index (χ1n) is 9.75. The summed E-state index contributed by atoms with van der Waals surface area (Å²) < 4.78 is 5.45. The predicted octanol–water partition coefficient (Wildman–Crippen LogP) is 4.29. The van der Waals surface area contributed by atoms with Gasteiger partial charge < -0.3 is 15.2 Å². The van der Waals surface area contributed by atoms with Crippen LogP contribution in [0.3, 0.4) is 0 Å². The van der Waals surface area contributed by atoms with Crippen LogP contribution in [0.25, 0.3) is 0 Å². The molecule has 1 amide bonds. The molecule has 1 aliphatic carbocycles. The van der Waals surface area contributed by atoms with Crippen LogP contribution in [0.5, 0.6) is 0 Å². The van der Waals surface area contributed by atoms with E-state index in [0.717, 1.165) is 51.9 Å². The van der Waals surface area contributed by atoms with Gasteiger partial charge in [-0.3, -0.25) is 4.90 Å². The number of carboxylic acid groups (broad SMARTS) is 1. The molecule has 1 saturated carbocycles. The molecule has 5 nitrogen and oxygen atoms in total. The number of hydrogen-bond acceptors (Lipinski definition) is 3. The van der Waals surface area contributed by atoms with Gasteiger partial charge in [0.05, 0.1) is 0 Å². The van der Waals surface area contributed by atoms with Gasteiger partial charge in [-0.25, -0.2) is 4.79 Å². The Labute approximate surface area is 155 Å². The lowest BCUT2D eigenvalue weighted by Gasteiger charge is -2.49. The minimum atomic E-state index is -0.852. The Hall–Kier alpha value is -2.01. The number of para-hydroxylation sites is 1. The number of allylic oxidation sites excluding steroid dienone is 1. The fourth-order valence-corrected chi connectivity index (χ4v) is 4.61. The van der Waals surface area contributed by atoms with Gasteiger partial charge in [-0.05, 0) is 61.0 Å². The van der Waals surface area contributed by atoms with E-state index in [-0.39, 0.29) is 5.41 Å². The molecule has 1 aromatic rings. The van der Waals surface area contributed by atoms with Crippen molar-refractivity contribution in [1.29, 1.82) is 0 Å². The number of carbonyl (C=O) groups is 1. The third-order valence-corrected chi connectivity index (χ3v) is 6.33. The lowest BCUT2D eigenvalue weighted by Crippen LogP contribution is -2.41. The highest BCUT2D eigenvalue weighted by molar-refractivity contribution is 5.66. The second-order valence-corrected chi connectivity index (χ2v) is 8.03. The fraction of sp³-hybridized carbons (Fsp3) is 0.571. The van der Waals surface area contributed by atoms with Gasteiger partial charge in [0.25, 0.3) is 0 Å². The summed E-state index contributed by atoms with van der Waals surface area (Å²) in [7, 11) is 0. The number of benzene rings is 1. The zero-order valence-electron chi connectivity index (χ0n) is 15.2. The first-order valence-corrected chi connectivity index (χ1v) is 9.75. The van der Waals surface area contributed by atoms with Gasteiger partial charge in [-0.2, -0.15) is 0 Å². The Morgan fingerprint density at radius 3 is 2.73 bits per heavy atom. The maximum atomic E-state index is 11.1. The summed E-state index contributed by atoms with van der Waals surface area (Å²) in [6, 6.07) is 8.68. The van der Waals surface area contributed by atoms with Crippen LogP contribution in [-0.4, -0.2) is 42.4 Å².